The molecule has 0 radical (unpaired) electrons. The Morgan fingerprint density at radius 2 is 0.765 bits per heavy atom. The van der Waals surface area contributed by atoms with Gasteiger partial charge in [0.2, 0.25) is 0 Å². The summed E-state index contributed by atoms with van der Waals surface area (Å²) in [6.45, 7) is 16.8. The zero-order valence-electron chi connectivity index (χ0n) is 48.9. The summed E-state index contributed by atoms with van der Waals surface area (Å²) < 4.78 is 50.8. The number of ether oxygens (including phenoxy) is 9. The predicted molar refractivity (Wildman–Crippen MR) is 296 cm³/mol. The molecule has 0 aliphatic heterocycles. The number of fused-ring (bicyclic) bond motifs is 6. The lowest BCUT2D eigenvalue weighted by Crippen LogP contribution is -2.49. The van der Waals surface area contributed by atoms with Gasteiger partial charge < -0.3 is 42.6 Å². The summed E-state index contributed by atoms with van der Waals surface area (Å²) in [6.07, 6.45) is 28.5. The molecule has 14 bridgehead atoms. The van der Waals surface area contributed by atoms with Crippen LogP contribution in [0.2, 0.25) is 0 Å². The molecule has 15 rings (SSSR count). The highest BCUT2D eigenvalue weighted by molar-refractivity contribution is 5.88. The molecule has 0 N–H and O–H groups in total. The van der Waals surface area contributed by atoms with Crippen molar-refractivity contribution in [3.8, 4) is 0 Å². The van der Waals surface area contributed by atoms with Crippen LogP contribution in [0.15, 0.2) is 36.5 Å². The van der Waals surface area contributed by atoms with Crippen LogP contribution in [0, 0.1) is 100 Å². The summed E-state index contributed by atoms with van der Waals surface area (Å²) in [7, 11) is 0. The quantitative estimate of drug-likeness (QED) is 0.0391. The molecule has 0 heterocycles. The van der Waals surface area contributed by atoms with Crippen molar-refractivity contribution in [2.75, 3.05) is 27.0 Å². The average molecular weight is 1130 g/mol. The molecular formula is C66H94O15. The SMILES string of the molecule is C=C(C)C(=O)OC1CC2CC(C(=O)OCOC3C4CC5CC(C4)CC3C5)C1C2.C=C(C)C(=O)OC1CC2CC(C(=O)OCOC3CCCCC3)C1C2.C=C(C)C(=O)OC1CC2CC(C(=O)OCOCC34CC5CC(CC(C5)C3)C4)C1C2. The fraction of sp³-hybridized carbons (Fsp3) is 0.818. The van der Waals surface area contributed by atoms with Crippen molar-refractivity contribution in [2.24, 2.45) is 100 Å². The first kappa shape index (κ1) is 58.7. The van der Waals surface area contributed by atoms with E-state index in [-0.39, 0.29) is 122 Å². The molecule has 448 valence electrons. The molecule has 15 aliphatic rings. The van der Waals surface area contributed by atoms with Crippen molar-refractivity contribution >= 4 is 35.8 Å². The third-order valence-corrected chi connectivity index (χ3v) is 22.5. The average Bonchev–Trinajstić information content (AvgIpc) is 4.45. The molecular weight excluding hydrogens is 1030 g/mol. The van der Waals surface area contributed by atoms with E-state index in [1.807, 2.05) is 0 Å². The fourth-order valence-corrected chi connectivity index (χ4v) is 19.7. The first-order valence-electron chi connectivity index (χ1n) is 31.8. The van der Waals surface area contributed by atoms with Crippen LogP contribution < -0.4 is 0 Å². The van der Waals surface area contributed by atoms with Gasteiger partial charge in [-0.3, -0.25) is 14.4 Å². The van der Waals surface area contributed by atoms with Crippen LogP contribution >= 0.6 is 0 Å². The molecule has 15 fully saturated rings. The van der Waals surface area contributed by atoms with Gasteiger partial charge in [0.25, 0.3) is 0 Å². The van der Waals surface area contributed by atoms with E-state index >= 15 is 0 Å². The Kier molecular flexibility index (Phi) is 18.3. The second-order valence-electron chi connectivity index (χ2n) is 28.7. The highest BCUT2D eigenvalue weighted by Crippen LogP contribution is 2.61. The Morgan fingerprint density at radius 1 is 0.407 bits per heavy atom. The predicted octanol–water partition coefficient (Wildman–Crippen LogP) is 11.5. The normalized spacial score (nSPS) is 41.1. The third kappa shape index (κ3) is 13.6. The number of hydrogen-bond acceptors (Lipinski definition) is 15. The van der Waals surface area contributed by atoms with E-state index in [9.17, 15) is 28.8 Å². The number of esters is 6. The van der Waals surface area contributed by atoms with Gasteiger partial charge in [0.1, 0.15) is 18.3 Å². The van der Waals surface area contributed by atoms with Crippen LogP contribution in [0.3, 0.4) is 0 Å². The maximum atomic E-state index is 12.7. The molecule has 15 saturated carbocycles. The lowest BCUT2D eigenvalue weighted by Gasteiger charge is -2.56. The number of carbonyl (C=O) groups is 6. The molecule has 0 spiro atoms. The van der Waals surface area contributed by atoms with Gasteiger partial charge in [0, 0.05) is 34.5 Å². The van der Waals surface area contributed by atoms with E-state index in [0.29, 0.717) is 51.7 Å². The minimum Gasteiger partial charge on any atom is -0.459 e. The van der Waals surface area contributed by atoms with E-state index < -0.39 is 0 Å². The topological polar surface area (TPSA) is 185 Å². The summed E-state index contributed by atoms with van der Waals surface area (Å²) in [5.41, 5.74) is 1.56. The molecule has 0 amide bonds. The van der Waals surface area contributed by atoms with Crippen LogP contribution in [0.25, 0.3) is 0 Å². The van der Waals surface area contributed by atoms with Crippen LogP contribution in [0.4, 0.5) is 0 Å². The van der Waals surface area contributed by atoms with Crippen molar-refractivity contribution in [2.45, 2.75) is 212 Å². The van der Waals surface area contributed by atoms with Crippen molar-refractivity contribution in [1.29, 1.82) is 0 Å². The number of hydrogen-bond donors (Lipinski definition) is 0. The maximum Gasteiger partial charge on any atom is 0.333 e. The second kappa shape index (κ2) is 25.2. The van der Waals surface area contributed by atoms with Crippen LogP contribution in [-0.4, -0.2) is 93.3 Å². The highest BCUT2D eigenvalue weighted by Gasteiger charge is 2.56. The molecule has 0 aromatic heterocycles. The minimum atomic E-state index is -0.361. The van der Waals surface area contributed by atoms with Gasteiger partial charge in [-0.25, -0.2) is 14.4 Å². The van der Waals surface area contributed by atoms with Gasteiger partial charge in [-0.15, -0.1) is 0 Å². The van der Waals surface area contributed by atoms with Crippen LogP contribution in [-0.2, 0) is 71.4 Å². The second-order valence-corrected chi connectivity index (χ2v) is 28.7. The first-order chi connectivity index (χ1) is 38.9. The van der Waals surface area contributed by atoms with E-state index in [0.717, 1.165) is 107 Å². The molecule has 15 heteroatoms. The molecule has 0 aromatic carbocycles. The van der Waals surface area contributed by atoms with Crippen LogP contribution in [0.5, 0.6) is 0 Å². The van der Waals surface area contributed by atoms with E-state index in [2.05, 4.69) is 19.7 Å². The lowest BCUT2D eigenvalue weighted by molar-refractivity contribution is -0.192. The van der Waals surface area contributed by atoms with Crippen LogP contribution in [0.1, 0.15) is 181 Å². The summed E-state index contributed by atoms with van der Waals surface area (Å²) in [5, 5.41) is 0. The first-order valence-corrected chi connectivity index (χ1v) is 31.8. The van der Waals surface area contributed by atoms with Gasteiger partial charge in [0.15, 0.2) is 20.4 Å². The fourth-order valence-electron chi connectivity index (χ4n) is 19.7. The highest BCUT2D eigenvalue weighted by atomic mass is 16.7. The molecule has 15 nitrogen and oxygen atoms in total. The van der Waals surface area contributed by atoms with Gasteiger partial charge in [-0.05, 0) is 227 Å². The van der Waals surface area contributed by atoms with E-state index in [1.54, 1.807) is 20.8 Å². The van der Waals surface area contributed by atoms with Gasteiger partial charge in [-0.2, -0.15) is 0 Å². The molecule has 15 aliphatic carbocycles. The van der Waals surface area contributed by atoms with Gasteiger partial charge >= 0.3 is 35.8 Å². The Hall–Kier alpha value is -4.08. The zero-order chi connectivity index (χ0) is 56.7. The van der Waals surface area contributed by atoms with Crippen molar-refractivity contribution < 1.29 is 71.4 Å². The minimum absolute atomic E-state index is 0.0492. The third-order valence-electron chi connectivity index (χ3n) is 22.5. The van der Waals surface area contributed by atoms with Crippen molar-refractivity contribution in [3.63, 3.8) is 0 Å². The van der Waals surface area contributed by atoms with Gasteiger partial charge in [-0.1, -0.05) is 39.0 Å². The Morgan fingerprint density at radius 3 is 1.15 bits per heavy atom. The van der Waals surface area contributed by atoms with E-state index in [1.165, 1.54) is 89.9 Å². The molecule has 0 saturated heterocycles. The number of carbonyl (C=O) groups excluding carboxylic acids is 6. The molecule has 12 unspecified atom stereocenters. The summed E-state index contributed by atoms with van der Waals surface area (Å²) in [4.78, 5) is 73.2. The Labute approximate surface area is 480 Å². The van der Waals surface area contributed by atoms with Crippen molar-refractivity contribution in [1.82, 2.24) is 0 Å². The smallest absolute Gasteiger partial charge is 0.333 e. The number of rotatable bonds is 19. The van der Waals surface area contributed by atoms with E-state index in [4.69, 9.17) is 42.6 Å². The summed E-state index contributed by atoms with van der Waals surface area (Å²) in [6, 6.07) is 0. The lowest BCUT2D eigenvalue weighted by atomic mass is 9.50. The summed E-state index contributed by atoms with van der Waals surface area (Å²) >= 11 is 0. The Bertz CT molecular complexity index is 2310. The van der Waals surface area contributed by atoms with Crippen molar-refractivity contribution in [3.05, 3.63) is 36.5 Å². The zero-order valence-corrected chi connectivity index (χ0v) is 48.9. The monoisotopic (exact) mass is 1130 g/mol. The molecule has 81 heavy (non-hydrogen) atoms. The standard InChI is InChI=1S/C24H34O5.C23H32O5.C19H28O5/c1-14(2)22(25)29-21-8-15-6-19(21)20(7-15)23(26)28-13-27-12-24-9-16-3-17(10-24)5-18(4-16)11-24;1-12(2)22(24)28-20-10-15-8-18(20)19(9-15)23(25)27-11-26-21-16-4-13-3-14(6-16)7-17(21)5-13;1-12(2)18(20)24-17-10-13-8-15(17)16(9-13)19(21)23-11-22-14-6-4-3-5-7-14/h15-21H,1,3-13H2,2H3;13-21H,1,3-11H2,2H3;13-17H,1,3-11H2,2H3. The maximum absolute atomic E-state index is 12.7. The largest absolute Gasteiger partial charge is 0.459 e. The molecule has 0 aromatic rings. The van der Waals surface area contributed by atoms with Gasteiger partial charge in [0.05, 0.1) is 36.6 Å². The Balaban J connectivity index is 0.000000129. The molecule has 12 atom stereocenters. The summed E-state index contributed by atoms with van der Waals surface area (Å²) in [5.74, 6) is 5.37.